The van der Waals surface area contributed by atoms with Crippen LogP contribution in [-0.4, -0.2) is 42.0 Å². The lowest BCUT2D eigenvalue weighted by atomic mass is 10.3. The molecule has 1 aliphatic rings. The molecule has 1 saturated heterocycles. The number of amides is 1. The predicted octanol–water partition coefficient (Wildman–Crippen LogP) is 1.44. The Balaban J connectivity index is 1.68. The molecule has 1 aromatic heterocycles. The monoisotopic (exact) mass is 251 g/mol. The van der Waals surface area contributed by atoms with Gasteiger partial charge < -0.3 is 10.2 Å². The van der Waals surface area contributed by atoms with E-state index in [1.165, 1.54) is 44.1 Å². The van der Waals surface area contributed by atoms with Gasteiger partial charge in [0.15, 0.2) is 0 Å². The second-order valence-electron chi connectivity index (χ2n) is 4.50. The van der Waals surface area contributed by atoms with Crippen molar-refractivity contribution < 1.29 is 9.18 Å². The fourth-order valence-corrected chi connectivity index (χ4v) is 2.14. The lowest BCUT2D eigenvalue weighted by molar-refractivity contribution is 0.0946. The fourth-order valence-electron chi connectivity index (χ4n) is 2.14. The quantitative estimate of drug-likeness (QED) is 0.636. The van der Waals surface area contributed by atoms with Gasteiger partial charge in [0.05, 0.1) is 0 Å². The van der Waals surface area contributed by atoms with Crippen LogP contribution in [0.4, 0.5) is 4.39 Å². The predicted molar refractivity (Wildman–Crippen MR) is 66.8 cm³/mol. The van der Waals surface area contributed by atoms with E-state index in [9.17, 15) is 9.18 Å². The molecule has 0 saturated carbocycles. The number of carbonyl (C=O) groups excluding carboxylic acids is 1. The number of hydrogen-bond donors (Lipinski definition) is 1. The molecule has 0 atom stereocenters. The molecule has 0 aromatic carbocycles. The van der Waals surface area contributed by atoms with E-state index in [4.69, 9.17) is 0 Å². The van der Waals surface area contributed by atoms with Gasteiger partial charge in [0, 0.05) is 6.54 Å². The Morgan fingerprint density at radius 1 is 1.39 bits per heavy atom. The van der Waals surface area contributed by atoms with Crippen molar-refractivity contribution in [3.05, 3.63) is 29.8 Å². The van der Waals surface area contributed by atoms with Crippen LogP contribution in [-0.2, 0) is 0 Å². The van der Waals surface area contributed by atoms with Crippen molar-refractivity contribution in [2.75, 3.05) is 26.2 Å². The second-order valence-corrected chi connectivity index (χ2v) is 4.50. The number of hydrogen-bond acceptors (Lipinski definition) is 3. The lowest BCUT2D eigenvalue weighted by Gasteiger charge is -2.14. The molecule has 2 rings (SSSR count). The van der Waals surface area contributed by atoms with E-state index in [0.717, 1.165) is 13.0 Å². The standard InChI is InChI=1S/C13H18FN3O/c14-12-6-3-5-11(16-12)13(18)15-7-4-10-17-8-1-2-9-17/h3,5-6H,1-2,4,7-10H2,(H,15,18). The van der Waals surface area contributed by atoms with Crippen molar-refractivity contribution in [1.82, 2.24) is 15.2 Å². The number of nitrogens with one attached hydrogen (secondary N) is 1. The molecule has 18 heavy (non-hydrogen) atoms. The maximum Gasteiger partial charge on any atom is 0.269 e. The highest BCUT2D eigenvalue weighted by Crippen LogP contribution is 2.06. The number of halogens is 1. The summed E-state index contributed by atoms with van der Waals surface area (Å²) in [6.07, 6.45) is 3.47. The molecule has 1 aliphatic heterocycles. The van der Waals surface area contributed by atoms with Gasteiger partial charge in [-0.2, -0.15) is 4.39 Å². The highest BCUT2D eigenvalue weighted by molar-refractivity contribution is 5.92. The number of aromatic nitrogens is 1. The van der Waals surface area contributed by atoms with Gasteiger partial charge >= 0.3 is 0 Å². The molecule has 0 aliphatic carbocycles. The molecule has 0 unspecified atom stereocenters. The fraction of sp³-hybridized carbons (Fsp3) is 0.538. The number of pyridine rings is 1. The lowest BCUT2D eigenvalue weighted by Crippen LogP contribution is -2.29. The first kappa shape index (κ1) is 13.0. The third-order valence-electron chi connectivity index (χ3n) is 3.08. The average molecular weight is 251 g/mol. The summed E-state index contributed by atoms with van der Waals surface area (Å²) in [4.78, 5) is 17.6. The molecule has 5 heteroatoms. The normalized spacial score (nSPS) is 15.8. The minimum Gasteiger partial charge on any atom is -0.351 e. The van der Waals surface area contributed by atoms with Crippen LogP contribution in [0.3, 0.4) is 0 Å². The molecule has 98 valence electrons. The van der Waals surface area contributed by atoms with Gasteiger partial charge in [-0.1, -0.05) is 6.07 Å². The van der Waals surface area contributed by atoms with Crippen LogP contribution in [0.15, 0.2) is 18.2 Å². The molecule has 4 nitrogen and oxygen atoms in total. The minimum absolute atomic E-state index is 0.135. The van der Waals surface area contributed by atoms with Gasteiger partial charge in [0.2, 0.25) is 5.95 Å². The van der Waals surface area contributed by atoms with Gasteiger partial charge in [0.25, 0.3) is 5.91 Å². The van der Waals surface area contributed by atoms with E-state index in [2.05, 4.69) is 15.2 Å². The molecule has 0 bridgehead atoms. The first-order chi connectivity index (χ1) is 8.75. The minimum atomic E-state index is -0.625. The molecule has 1 fully saturated rings. The van der Waals surface area contributed by atoms with Crippen LogP contribution >= 0.6 is 0 Å². The number of likely N-dealkylation sites (tertiary alicyclic amines) is 1. The summed E-state index contributed by atoms with van der Waals surface area (Å²) in [6.45, 7) is 3.95. The van der Waals surface area contributed by atoms with Gasteiger partial charge in [-0.15, -0.1) is 0 Å². The van der Waals surface area contributed by atoms with Crippen LogP contribution in [0.2, 0.25) is 0 Å². The Kier molecular flexibility index (Phi) is 4.64. The molecule has 1 aromatic rings. The summed E-state index contributed by atoms with van der Waals surface area (Å²) in [5, 5.41) is 2.76. The Labute approximate surface area is 106 Å². The van der Waals surface area contributed by atoms with Gasteiger partial charge in [0.1, 0.15) is 5.69 Å². The zero-order valence-electron chi connectivity index (χ0n) is 10.4. The van der Waals surface area contributed by atoms with Crippen molar-refractivity contribution in [3.8, 4) is 0 Å². The van der Waals surface area contributed by atoms with E-state index in [1.54, 1.807) is 0 Å². The topological polar surface area (TPSA) is 45.2 Å². The zero-order valence-corrected chi connectivity index (χ0v) is 10.4. The number of carbonyl (C=O) groups is 1. The summed E-state index contributed by atoms with van der Waals surface area (Å²) < 4.78 is 12.8. The van der Waals surface area contributed by atoms with Gasteiger partial charge in [-0.05, 0) is 51.0 Å². The van der Waals surface area contributed by atoms with Crippen LogP contribution in [0.5, 0.6) is 0 Å². The van der Waals surface area contributed by atoms with Crippen molar-refractivity contribution in [1.29, 1.82) is 0 Å². The van der Waals surface area contributed by atoms with E-state index in [1.807, 2.05) is 0 Å². The second kappa shape index (κ2) is 6.44. The number of rotatable bonds is 5. The zero-order chi connectivity index (χ0) is 12.8. The molecule has 2 heterocycles. The first-order valence-electron chi connectivity index (χ1n) is 6.39. The largest absolute Gasteiger partial charge is 0.351 e. The van der Waals surface area contributed by atoms with E-state index < -0.39 is 5.95 Å². The first-order valence-corrected chi connectivity index (χ1v) is 6.39. The third-order valence-corrected chi connectivity index (χ3v) is 3.08. The van der Waals surface area contributed by atoms with E-state index in [0.29, 0.717) is 6.54 Å². The van der Waals surface area contributed by atoms with Gasteiger partial charge in [-0.25, -0.2) is 4.98 Å². The third kappa shape index (κ3) is 3.77. The van der Waals surface area contributed by atoms with Crippen molar-refractivity contribution in [2.45, 2.75) is 19.3 Å². The Morgan fingerprint density at radius 2 is 2.17 bits per heavy atom. The van der Waals surface area contributed by atoms with Crippen molar-refractivity contribution in [2.24, 2.45) is 0 Å². The SMILES string of the molecule is O=C(NCCCN1CCCC1)c1cccc(F)n1. The summed E-state index contributed by atoms with van der Waals surface area (Å²) in [7, 11) is 0. The Bertz CT molecular complexity index is 405. The molecule has 1 amide bonds. The molecule has 0 spiro atoms. The van der Waals surface area contributed by atoms with Crippen LogP contribution in [0.25, 0.3) is 0 Å². The summed E-state index contributed by atoms with van der Waals surface area (Å²) in [5.41, 5.74) is 0.135. The van der Waals surface area contributed by atoms with Crippen LogP contribution < -0.4 is 5.32 Å². The van der Waals surface area contributed by atoms with Crippen LogP contribution in [0.1, 0.15) is 29.8 Å². The highest BCUT2D eigenvalue weighted by atomic mass is 19.1. The van der Waals surface area contributed by atoms with Crippen molar-refractivity contribution in [3.63, 3.8) is 0 Å². The maximum absolute atomic E-state index is 12.8. The smallest absolute Gasteiger partial charge is 0.269 e. The summed E-state index contributed by atoms with van der Waals surface area (Å²) >= 11 is 0. The average Bonchev–Trinajstić information content (AvgIpc) is 2.87. The maximum atomic E-state index is 12.8. The molecular weight excluding hydrogens is 233 g/mol. The van der Waals surface area contributed by atoms with E-state index >= 15 is 0 Å². The highest BCUT2D eigenvalue weighted by Gasteiger charge is 2.11. The van der Waals surface area contributed by atoms with Gasteiger partial charge in [-0.3, -0.25) is 4.79 Å². The van der Waals surface area contributed by atoms with E-state index in [-0.39, 0.29) is 11.6 Å². The Hall–Kier alpha value is -1.49. The summed E-state index contributed by atoms with van der Waals surface area (Å²) in [5.74, 6) is -0.935. The molecule has 1 N–H and O–H groups in total. The van der Waals surface area contributed by atoms with Crippen molar-refractivity contribution >= 4 is 5.91 Å². The number of nitrogens with zero attached hydrogens (tertiary/aromatic N) is 2. The van der Waals surface area contributed by atoms with Crippen LogP contribution in [0, 0.1) is 5.95 Å². The Morgan fingerprint density at radius 3 is 2.89 bits per heavy atom. The molecule has 0 radical (unpaired) electrons. The summed E-state index contributed by atoms with van der Waals surface area (Å²) in [6, 6.07) is 4.23. The molecular formula is C13H18FN3O.